The van der Waals surface area contributed by atoms with E-state index in [2.05, 4.69) is 18.6 Å². The van der Waals surface area contributed by atoms with Crippen molar-refractivity contribution in [1.29, 1.82) is 0 Å². The van der Waals surface area contributed by atoms with Crippen LogP contribution < -0.4 is 10.5 Å². The van der Waals surface area contributed by atoms with Gasteiger partial charge in [0, 0.05) is 12.6 Å². The van der Waals surface area contributed by atoms with Crippen molar-refractivity contribution in [3.05, 3.63) is 35.9 Å². The Labute approximate surface area is 122 Å². The molecule has 0 aliphatic rings. The van der Waals surface area contributed by atoms with Gasteiger partial charge in [0.25, 0.3) is 0 Å². The Morgan fingerprint density at radius 1 is 1.15 bits per heavy atom. The van der Waals surface area contributed by atoms with Gasteiger partial charge in [0.2, 0.25) is 10.0 Å². The van der Waals surface area contributed by atoms with E-state index >= 15 is 0 Å². The molecule has 20 heavy (non-hydrogen) atoms. The fourth-order valence-electron chi connectivity index (χ4n) is 2.27. The summed E-state index contributed by atoms with van der Waals surface area (Å²) < 4.78 is 27.1. The molecular weight excluding hydrogens is 272 g/mol. The molecule has 0 fully saturated rings. The maximum Gasteiger partial charge on any atom is 0.212 e. The minimum absolute atomic E-state index is 0.0359. The maximum absolute atomic E-state index is 12.2. The summed E-state index contributed by atoms with van der Waals surface area (Å²) >= 11 is 0. The average Bonchev–Trinajstić information content (AvgIpc) is 2.37. The van der Waals surface area contributed by atoms with Gasteiger partial charge in [-0.2, -0.15) is 0 Å². The summed E-state index contributed by atoms with van der Waals surface area (Å²) in [6.45, 7) is 6.37. The number of rotatable bonds is 8. The lowest BCUT2D eigenvalue weighted by molar-refractivity contribution is 0.464. The first-order valence-electron chi connectivity index (χ1n) is 7.09. The van der Waals surface area contributed by atoms with Gasteiger partial charge in [-0.25, -0.2) is 13.1 Å². The van der Waals surface area contributed by atoms with Gasteiger partial charge in [0.15, 0.2) is 0 Å². The van der Waals surface area contributed by atoms with Crippen molar-refractivity contribution >= 4 is 10.0 Å². The predicted molar refractivity (Wildman–Crippen MR) is 84.1 cm³/mol. The second-order valence-corrected chi connectivity index (χ2v) is 7.57. The largest absolute Gasteiger partial charge is 0.329 e. The number of nitrogens with one attached hydrogen (secondary N) is 1. The van der Waals surface area contributed by atoms with Gasteiger partial charge in [-0.3, -0.25) is 0 Å². The molecule has 5 heteroatoms. The molecule has 0 aliphatic carbocycles. The van der Waals surface area contributed by atoms with Gasteiger partial charge in [-0.1, -0.05) is 51.1 Å². The standard InChI is InChI=1S/C15H26N2O2S/c1-12(2)9-15(10-16)17-20(18,19)11-13(3)14-7-5-4-6-8-14/h4-8,12-13,15,17H,9-11,16H2,1-3H3. The monoisotopic (exact) mass is 298 g/mol. The summed E-state index contributed by atoms with van der Waals surface area (Å²) in [7, 11) is -3.32. The van der Waals surface area contributed by atoms with Gasteiger partial charge >= 0.3 is 0 Å². The highest BCUT2D eigenvalue weighted by atomic mass is 32.2. The lowest BCUT2D eigenvalue weighted by atomic mass is 10.0. The van der Waals surface area contributed by atoms with Crippen LogP contribution in [0.4, 0.5) is 0 Å². The quantitative estimate of drug-likeness (QED) is 0.772. The third-order valence-corrected chi connectivity index (χ3v) is 4.86. The lowest BCUT2D eigenvalue weighted by Crippen LogP contribution is -2.42. The third-order valence-electron chi connectivity index (χ3n) is 3.22. The molecule has 0 aromatic heterocycles. The molecule has 0 saturated heterocycles. The highest BCUT2D eigenvalue weighted by Gasteiger charge is 2.21. The SMILES string of the molecule is CC(C)CC(CN)NS(=O)(=O)CC(C)c1ccccc1. The second kappa shape index (κ2) is 7.76. The molecule has 0 heterocycles. The topological polar surface area (TPSA) is 72.2 Å². The van der Waals surface area contributed by atoms with E-state index in [9.17, 15) is 8.42 Å². The minimum atomic E-state index is -3.32. The molecule has 0 aliphatic heterocycles. The van der Waals surface area contributed by atoms with Crippen molar-refractivity contribution in [3.63, 3.8) is 0 Å². The predicted octanol–water partition coefficient (Wildman–Crippen LogP) is 2.08. The van der Waals surface area contributed by atoms with E-state index in [1.54, 1.807) is 0 Å². The third kappa shape index (κ3) is 6.03. The van der Waals surface area contributed by atoms with Crippen LogP contribution in [0.3, 0.4) is 0 Å². The highest BCUT2D eigenvalue weighted by Crippen LogP contribution is 2.16. The lowest BCUT2D eigenvalue weighted by Gasteiger charge is -2.20. The first-order valence-corrected chi connectivity index (χ1v) is 8.74. The Hall–Kier alpha value is -0.910. The van der Waals surface area contributed by atoms with Gasteiger partial charge in [0.05, 0.1) is 5.75 Å². The Morgan fingerprint density at radius 3 is 2.25 bits per heavy atom. The number of benzene rings is 1. The molecule has 2 atom stereocenters. The molecule has 0 amide bonds. The molecule has 0 saturated carbocycles. The van der Waals surface area contributed by atoms with Crippen molar-refractivity contribution in [2.75, 3.05) is 12.3 Å². The molecule has 4 nitrogen and oxygen atoms in total. The molecule has 0 bridgehead atoms. The summed E-state index contributed by atoms with van der Waals surface area (Å²) in [6.07, 6.45) is 0.759. The fourth-order valence-corrected chi connectivity index (χ4v) is 3.92. The molecule has 1 rings (SSSR count). The molecule has 1 aromatic rings. The van der Waals surface area contributed by atoms with E-state index in [0.29, 0.717) is 12.5 Å². The number of nitrogens with two attached hydrogens (primary N) is 1. The summed E-state index contributed by atoms with van der Waals surface area (Å²) in [4.78, 5) is 0. The van der Waals surface area contributed by atoms with E-state index in [1.807, 2.05) is 37.3 Å². The second-order valence-electron chi connectivity index (χ2n) is 5.77. The van der Waals surface area contributed by atoms with Crippen LogP contribution in [-0.4, -0.2) is 26.8 Å². The van der Waals surface area contributed by atoms with Gasteiger partial charge in [-0.15, -0.1) is 0 Å². The minimum Gasteiger partial charge on any atom is -0.329 e. The number of hydrogen-bond acceptors (Lipinski definition) is 3. The summed E-state index contributed by atoms with van der Waals surface area (Å²) in [5.74, 6) is 0.468. The van der Waals surface area contributed by atoms with Crippen LogP contribution in [-0.2, 0) is 10.0 Å². The fraction of sp³-hybridized carbons (Fsp3) is 0.600. The van der Waals surface area contributed by atoms with Gasteiger partial charge in [0.1, 0.15) is 0 Å². The maximum atomic E-state index is 12.2. The Kier molecular flexibility index (Phi) is 6.65. The zero-order valence-electron chi connectivity index (χ0n) is 12.5. The van der Waals surface area contributed by atoms with Crippen LogP contribution in [0, 0.1) is 5.92 Å². The first-order chi connectivity index (χ1) is 9.34. The molecule has 0 radical (unpaired) electrons. The van der Waals surface area contributed by atoms with Crippen molar-refractivity contribution in [3.8, 4) is 0 Å². The Balaban J connectivity index is 2.65. The number of sulfonamides is 1. The van der Waals surface area contributed by atoms with Crippen molar-refractivity contribution in [1.82, 2.24) is 4.72 Å². The van der Waals surface area contributed by atoms with Crippen LogP contribution in [0.1, 0.15) is 38.7 Å². The first kappa shape index (κ1) is 17.1. The zero-order valence-corrected chi connectivity index (χ0v) is 13.4. The number of hydrogen-bond donors (Lipinski definition) is 2. The van der Waals surface area contributed by atoms with Crippen LogP contribution in [0.2, 0.25) is 0 Å². The van der Waals surface area contributed by atoms with E-state index in [1.165, 1.54) is 0 Å². The van der Waals surface area contributed by atoms with E-state index in [4.69, 9.17) is 5.73 Å². The summed E-state index contributed by atoms with van der Waals surface area (Å²) in [5.41, 5.74) is 6.68. The Morgan fingerprint density at radius 2 is 1.75 bits per heavy atom. The van der Waals surface area contributed by atoms with E-state index in [-0.39, 0.29) is 17.7 Å². The van der Waals surface area contributed by atoms with Crippen LogP contribution in [0.15, 0.2) is 30.3 Å². The molecule has 1 aromatic carbocycles. The molecule has 3 N–H and O–H groups in total. The van der Waals surface area contributed by atoms with Crippen molar-refractivity contribution in [2.45, 2.75) is 39.2 Å². The summed E-state index contributed by atoms with van der Waals surface area (Å²) in [5, 5.41) is 0. The van der Waals surface area contributed by atoms with E-state index < -0.39 is 10.0 Å². The van der Waals surface area contributed by atoms with E-state index in [0.717, 1.165) is 12.0 Å². The molecule has 114 valence electrons. The average molecular weight is 298 g/mol. The highest BCUT2D eigenvalue weighted by molar-refractivity contribution is 7.89. The molecule has 0 spiro atoms. The smallest absolute Gasteiger partial charge is 0.212 e. The Bertz CT molecular complexity index is 486. The normalized spacial score (nSPS) is 15.2. The van der Waals surface area contributed by atoms with Gasteiger partial charge in [-0.05, 0) is 23.8 Å². The van der Waals surface area contributed by atoms with Crippen molar-refractivity contribution < 1.29 is 8.42 Å². The zero-order chi connectivity index (χ0) is 15.2. The molecular formula is C15H26N2O2S. The van der Waals surface area contributed by atoms with Crippen LogP contribution in [0.5, 0.6) is 0 Å². The molecule has 2 unspecified atom stereocenters. The summed E-state index contributed by atoms with van der Waals surface area (Å²) in [6, 6.07) is 9.50. The van der Waals surface area contributed by atoms with Gasteiger partial charge < -0.3 is 5.73 Å². The van der Waals surface area contributed by atoms with Crippen LogP contribution in [0.25, 0.3) is 0 Å². The van der Waals surface area contributed by atoms with Crippen molar-refractivity contribution in [2.24, 2.45) is 11.7 Å². The van der Waals surface area contributed by atoms with Crippen LogP contribution >= 0.6 is 0 Å².